The molecular formula is C43H30N2O. The quantitative estimate of drug-likeness (QED) is 0.205. The van der Waals surface area contributed by atoms with E-state index in [1.165, 1.54) is 44.2 Å². The van der Waals surface area contributed by atoms with Crippen molar-refractivity contribution in [2.45, 2.75) is 19.3 Å². The maximum absolute atomic E-state index is 6.26. The largest absolute Gasteiger partial charge is 0.456 e. The van der Waals surface area contributed by atoms with Crippen molar-refractivity contribution in [2.75, 3.05) is 0 Å². The summed E-state index contributed by atoms with van der Waals surface area (Å²) in [6.45, 7) is 4.67. The van der Waals surface area contributed by atoms with E-state index in [1.807, 2.05) is 42.5 Å². The first kappa shape index (κ1) is 26.6. The van der Waals surface area contributed by atoms with Gasteiger partial charge in [0, 0.05) is 32.9 Å². The zero-order valence-electron chi connectivity index (χ0n) is 25.7. The molecule has 0 amide bonds. The van der Waals surface area contributed by atoms with Gasteiger partial charge < -0.3 is 4.42 Å². The highest BCUT2D eigenvalue weighted by Crippen LogP contribution is 2.53. The summed E-state index contributed by atoms with van der Waals surface area (Å²) >= 11 is 0. The third kappa shape index (κ3) is 4.13. The van der Waals surface area contributed by atoms with Crippen molar-refractivity contribution >= 4 is 21.9 Å². The van der Waals surface area contributed by atoms with Crippen molar-refractivity contribution < 1.29 is 4.42 Å². The number of benzene rings is 6. The van der Waals surface area contributed by atoms with Crippen LogP contribution in [0, 0.1) is 0 Å². The predicted molar refractivity (Wildman–Crippen MR) is 189 cm³/mol. The molecule has 0 saturated heterocycles. The Balaban J connectivity index is 1.12. The normalized spacial score (nSPS) is 13.2. The van der Waals surface area contributed by atoms with Crippen LogP contribution < -0.4 is 0 Å². The molecule has 0 bridgehead atoms. The minimum atomic E-state index is -0.129. The van der Waals surface area contributed by atoms with E-state index in [4.69, 9.17) is 14.4 Å². The Bertz CT molecular complexity index is 2360. The predicted octanol–water partition coefficient (Wildman–Crippen LogP) is 11.4. The average Bonchev–Trinajstić information content (AvgIpc) is 3.60. The second kappa shape index (κ2) is 10.1. The van der Waals surface area contributed by atoms with Gasteiger partial charge in [0.2, 0.25) is 0 Å². The molecule has 1 aliphatic rings. The van der Waals surface area contributed by atoms with Crippen molar-refractivity contribution in [1.29, 1.82) is 0 Å². The number of furan rings is 1. The third-order valence-electron chi connectivity index (χ3n) is 9.52. The molecule has 46 heavy (non-hydrogen) atoms. The maximum Gasteiger partial charge on any atom is 0.160 e. The van der Waals surface area contributed by atoms with Crippen LogP contribution in [0.5, 0.6) is 0 Å². The Morgan fingerprint density at radius 2 is 1.09 bits per heavy atom. The average molecular weight is 591 g/mol. The fourth-order valence-electron chi connectivity index (χ4n) is 7.12. The Hall–Kier alpha value is -5.80. The van der Waals surface area contributed by atoms with Gasteiger partial charge in [-0.3, -0.25) is 0 Å². The van der Waals surface area contributed by atoms with Crippen molar-refractivity contribution in [1.82, 2.24) is 9.97 Å². The molecule has 0 N–H and O–H groups in total. The van der Waals surface area contributed by atoms with Gasteiger partial charge >= 0.3 is 0 Å². The molecule has 0 spiro atoms. The van der Waals surface area contributed by atoms with Gasteiger partial charge in [-0.25, -0.2) is 9.97 Å². The summed E-state index contributed by atoms with van der Waals surface area (Å²) in [5, 5.41) is 2.39. The molecule has 0 radical (unpaired) electrons. The number of rotatable bonds is 4. The summed E-state index contributed by atoms with van der Waals surface area (Å²) in [6.07, 6.45) is 0. The fourth-order valence-corrected chi connectivity index (χ4v) is 7.12. The van der Waals surface area contributed by atoms with Crippen LogP contribution in [0.1, 0.15) is 25.0 Å². The van der Waals surface area contributed by atoms with Crippen molar-refractivity contribution in [2.24, 2.45) is 0 Å². The Morgan fingerprint density at radius 1 is 0.478 bits per heavy atom. The van der Waals surface area contributed by atoms with Crippen LogP contribution in [-0.4, -0.2) is 9.97 Å². The number of fused-ring (bicyclic) bond motifs is 7. The minimum absolute atomic E-state index is 0.129. The second-order valence-corrected chi connectivity index (χ2v) is 12.6. The van der Waals surface area contributed by atoms with Gasteiger partial charge in [0.1, 0.15) is 11.2 Å². The van der Waals surface area contributed by atoms with E-state index < -0.39 is 0 Å². The standard InChI is InChI=1S/C43H30N2O/c1-43(2)34-23-24-39-41(33-15-9-10-16-38(33)46-39)40(34)32-22-21-31(25-35(32)43)27-17-19-29(20-18-27)37-26-36(28-11-5-3-6-12-28)44-42(45-37)30-13-7-4-8-14-30/h3-26H,1-2H3. The van der Waals surface area contributed by atoms with Crippen LogP contribution in [0.15, 0.2) is 150 Å². The molecule has 0 saturated carbocycles. The van der Waals surface area contributed by atoms with Gasteiger partial charge in [-0.05, 0) is 57.6 Å². The molecule has 0 unspecified atom stereocenters. The summed E-state index contributed by atoms with van der Waals surface area (Å²) < 4.78 is 6.26. The Kier molecular flexibility index (Phi) is 5.85. The highest BCUT2D eigenvalue weighted by molar-refractivity contribution is 6.15. The van der Waals surface area contributed by atoms with Crippen molar-refractivity contribution in [3.05, 3.63) is 157 Å². The molecule has 0 aliphatic heterocycles. The molecule has 0 fully saturated rings. The van der Waals surface area contributed by atoms with Crippen LogP contribution in [0.2, 0.25) is 0 Å². The lowest BCUT2D eigenvalue weighted by Crippen LogP contribution is -2.14. The topological polar surface area (TPSA) is 38.9 Å². The van der Waals surface area contributed by atoms with Gasteiger partial charge in [0.15, 0.2) is 5.82 Å². The highest BCUT2D eigenvalue weighted by atomic mass is 16.3. The summed E-state index contributed by atoms with van der Waals surface area (Å²) in [5.41, 5.74) is 14.4. The summed E-state index contributed by atoms with van der Waals surface area (Å²) in [7, 11) is 0. The first-order chi connectivity index (χ1) is 22.5. The lowest BCUT2D eigenvalue weighted by Gasteiger charge is -2.22. The van der Waals surface area contributed by atoms with Gasteiger partial charge in [-0.15, -0.1) is 0 Å². The Labute approximate surface area is 267 Å². The molecule has 8 aromatic rings. The van der Waals surface area contributed by atoms with E-state index in [9.17, 15) is 0 Å². The van der Waals surface area contributed by atoms with Crippen LogP contribution in [-0.2, 0) is 5.41 Å². The lowest BCUT2D eigenvalue weighted by molar-refractivity contribution is 0.657. The maximum atomic E-state index is 6.26. The van der Waals surface area contributed by atoms with Crippen LogP contribution >= 0.6 is 0 Å². The molecule has 0 atom stereocenters. The van der Waals surface area contributed by atoms with Crippen LogP contribution in [0.25, 0.3) is 78.1 Å². The van der Waals surface area contributed by atoms with Crippen LogP contribution in [0.3, 0.4) is 0 Å². The minimum Gasteiger partial charge on any atom is -0.456 e. The Morgan fingerprint density at radius 3 is 1.83 bits per heavy atom. The molecule has 1 aliphatic carbocycles. The molecule has 6 aromatic carbocycles. The molecule has 218 valence electrons. The number of hydrogen-bond donors (Lipinski definition) is 0. The zero-order chi connectivity index (χ0) is 30.8. The first-order valence-corrected chi connectivity index (χ1v) is 15.7. The van der Waals surface area contributed by atoms with E-state index in [2.05, 4.69) is 117 Å². The third-order valence-corrected chi connectivity index (χ3v) is 9.52. The molecule has 9 rings (SSSR count). The zero-order valence-corrected chi connectivity index (χ0v) is 25.7. The van der Waals surface area contributed by atoms with E-state index in [0.29, 0.717) is 0 Å². The van der Waals surface area contributed by atoms with E-state index in [-0.39, 0.29) is 5.41 Å². The van der Waals surface area contributed by atoms with E-state index in [0.717, 1.165) is 45.1 Å². The SMILES string of the molecule is CC1(C)c2cc(-c3ccc(-c4cc(-c5ccccc5)nc(-c5ccccc5)n4)cc3)ccc2-c2c1ccc1oc3ccccc3c21. The number of aromatic nitrogens is 2. The second-order valence-electron chi connectivity index (χ2n) is 12.6. The number of nitrogens with zero attached hydrogens (tertiary/aromatic N) is 2. The van der Waals surface area contributed by atoms with Gasteiger partial charge in [-0.1, -0.05) is 135 Å². The highest BCUT2D eigenvalue weighted by Gasteiger charge is 2.37. The van der Waals surface area contributed by atoms with Crippen molar-refractivity contribution in [3.8, 4) is 56.2 Å². The molecule has 3 nitrogen and oxygen atoms in total. The molecule has 2 heterocycles. The van der Waals surface area contributed by atoms with Gasteiger partial charge in [-0.2, -0.15) is 0 Å². The monoisotopic (exact) mass is 590 g/mol. The summed E-state index contributed by atoms with van der Waals surface area (Å²) in [4.78, 5) is 9.96. The number of hydrogen-bond acceptors (Lipinski definition) is 3. The molecular weight excluding hydrogens is 560 g/mol. The summed E-state index contributed by atoms with van der Waals surface area (Å²) in [6, 6.07) is 51.1. The number of para-hydroxylation sites is 1. The molecule has 2 aromatic heterocycles. The molecule has 3 heteroatoms. The first-order valence-electron chi connectivity index (χ1n) is 15.7. The van der Waals surface area contributed by atoms with E-state index >= 15 is 0 Å². The lowest BCUT2D eigenvalue weighted by atomic mass is 9.81. The van der Waals surface area contributed by atoms with Gasteiger partial charge in [0.05, 0.1) is 11.4 Å². The summed E-state index contributed by atoms with van der Waals surface area (Å²) in [5.74, 6) is 0.723. The van der Waals surface area contributed by atoms with Crippen molar-refractivity contribution in [3.63, 3.8) is 0 Å². The fraction of sp³-hybridized carbons (Fsp3) is 0.0698. The van der Waals surface area contributed by atoms with Gasteiger partial charge in [0.25, 0.3) is 0 Å². The van der Waals surface area contributed by atoms with E-state index in [1.54, 1.807) is 0 Å². The smallest absolute Gasteiger partial charge is 0.160 e. The van der Waals surface area contributed by atoms with Crippen LogP contribution in [0.4, 0.5) is 0 Å².